The fourth-order valence-corrected chi connectivity index (χ4v) is 0.566. The first-order valence-corrected chi connectivity index (χ1v) is 3.35. The van der Waals surface area contributed by atoms with Gasteiger partial charge in [0.05, 0.1) is 6.34 Å². The topological polar surface area (TPSA) is 24.4 Å². The molecule has 1 aliphatic heterocycles. The fourth-order valence-electron chi connectivity index (χ4n) is 0.219. The maximum atomic E-state index is 3.77. The molecule has 0 bridgehead atoms. The van der Waals surface area contributed by atoms with Crippen LogP contribution in [0.15, 0.2) is 16.6 Å². The minimum atomic E-state index is 0.829. The molecule has 0 aromatic heterocycles. The number of rotatable bonds is 0. The van der Waals surface area contributed by atoms with E-state index in [1.165, 1.54) is 11.9 Å². The average molecular weight is 130 g/mol. The standard InChI is InChI=1S/C3H4N2S.C2H6/c1-3-4-2-5-6-3;1-2/h2H,1H2,(H,4,5);1-2H3. The summed E-state index contributed by atoms with van der Waals surface area (Å²) in [5.74, 6) is 0. The summed E-state index contributed by atoms with van der Waals surface area (Å²) in [6, 6.07) is 0. The van der Waals surface area contributed by atoms with Gasteiger partial charge in [0.15, 0.2) is 0 Å². The Morgan fingerprint density at radius 1 is 1.75 bits per heavy atom. The second kappa shape index (κ2) is 4.71. The maximum Gasteiger partial charge on any atom is 0.111 e. The van der Waals surface area contributed by atoms with Crippen LogP contribution in [0.25, 0.3) is 0 Å². The van der Waals surface area contributed by atoms with E-state index in [4.69, 9.17) is 0 Å². The van der Waals surface area contributed by atoms with Crippen LogP contribution in [-0.4, -0.2) is 6.34 Å². The van der Waals surface area contributed by atoms with Gasteiger partial charge in [0.1, 0.15) is 5.03 Å². The minimum absolute atomic E-state index is 0.829. The highest BCUT2D eigenvalue weighted by molar-refractivity contribution is 8.01. The molecule has 0 aromatic rings. The van der Waals surface area contributed by atoms with Gasteiger partial charge in [0, 0.05) is 11.9 Å². The van der Waals surface area contributed by atoms with E-state index >= 15 is 0 Å². The average Bonchev–Trinajstić information content (AvgIpc) is 2.24. The van der Waals surface area contributed by atoms with Crippen LogP contribution in [-0.2, 0) is 0 Å². The van der Waals surface area contributed by atoms with Crippen LogP contribution in [0.1, 0.15) is 13.8 Å². The molecular weight excluding hydrogens is 120 g/mol. The lowest BCUT2D eigenvalue weighted by Gasteiger charge is -1.78. The van der Waals surface area contributed by atoms with Gasteiger partial charge >= 0.3 is 0 Å². The normalized spacial score (nSPS) is 14.5. The molecule has 0 spiro atoms. The number of nitrogens with zero attached hydrogens (tertiary/aromatic N) is 1. The SMILES string of the molecule is C=C1N=CNS1.CC. The first-order valence-electron chi connectivity index (χ1n) is 2.53. The summed E-state index contributed by atoms with van der Waals surface area (Å²) in [4.78, 5) is 3.77. The lowest BCUT2D eigenvalue weighted by molar-refractivity contribution is 1.50. The zero-order valence-corrected chi connectivity index (χ0v) is 5.96. The zero-order valence-electron chi connectivity index (χ0n) is 5.14. The van der Waals surface area contributed by atoms with Crippen molar-refractivity contribution in [1.82, 2.24) is 4.72 Å². The van der Waals surface area contributed by atoms with Gasteiger partial charge in [-0.1, -0.05) is 20.4 Å². The summed E-state index contributed by atoms with van der Waals surface area (Å²) in [6.07, 6.45) is 1.62. The highest BCUT2D eigenvalue weighted by Crippen LogP contribution is 2.11. The van der Waals surface area contributed by atoms with Crippen molar-refractivity contribution < 1.29 is 0 Å². The van der Waals surface area contributed by atoms with Gasteiger partial charge in [-0.3, -0.25) is 0 Å². The molecule has 3 heteroatoms. The molecule has 0 saturated heterocycles. The fraction of sp³-hybridized carbons (Fsp3) is 0.400. The molecule has 46 valence electrons. The molecule has 8 heavy (non-hydrogen) atoms. The van der Waals surface area contributed by atoms with E-state index in [-0.39, 0.29) is 0 Å². The van der Waals surface area contributed by atoms with Crippen molar-refractivity contribution in [2.24, 2.45) is 4.99 Å². The molecule has 1 N–H and O–H groups in total. The van der Waals surface area contributed by atoms with Crippen molar-refractivity contribution in [2.45, 2.75) is 13.8 Å². The third kappa shape index (κ3) is 2.69. The van der Waals surface area contributed by atoms with Gasteiger partial charge in [0.25, 0.3) is 0 Å². The Labute approximate surface area is 54.2 Å². The van der Waals surface area contributed by atoms with Crippen LogP contribution in [0.5, 0.6) is 0 Å². The van der Waals surface area contributed by atoms with Gasteiger partial charge in [-0.05, 0) is 0 Å². The molecule has 0 atom stereocenters. The van der Waals surface area contributed by atoms with Gasteiger partial charge in [0.2, 0.25) is 0 Å². The Morgan fingerprint density at radius 3 is 2.50 bits per heavy atom. The van der Waals surface area contributed by atoms with E-state index in [0.29, 0.717) is 0 Å². The number of hydrogen-bond donors (Lipinski definition) is 1. The van der Waals surface area contributed by atoms with Crippen LogP contribution in [0.3, 0.4) is 0 Å². The van der Waals surface area contributed by atoms with Crippen LogP contribution < -0.4 is 4.72 Å². The van der Waals surface area contributed by atoms with Crippen LogP contribution in [0.2, 0.25) is 0 Å². The van der Waals surface area contributed by atoms with Crippen molar-refractivity contribution >= 4 is 18.3 Å². The van der Waals surface area contributed by atoms with Crippen molar-refractivity contribution in [1.29, 1.82) is 0 Å². The second-order valence-electron chi connectivity index (χ2n) is 0.872. The van der Waals surface area contributed by atoms with Gasteiger partial charge < -0.3 is 4.72 Å². The lowest BCUT2D eigenvalue weighted by Crippen LogP contribution is -1.87. The van der Waals surface area contributed by atoms with E-state index in [2.05, 4.69) is 16.3 Å². The van der Waals surface area contributed by atoms with E-state index in [9.17, 15) is 0 Å². The van der Waals surface area contributed by atoms with Crippen molar-refractivity contribution in [3.05, 3.63) is 11.6 Å². The first-order chi connectivity index (χ1) is 3.89. The van der Waals surface area contributed by atoms with Crippen LogP contribution in [0.4, 0.5) is 0 Å². The third-order valence-corrected chi connectivity index (χ3v) is 1.00. The van der Waals surface area contributed by atoms with Crippen LogP contribution in [0, 0.1) is 0 Å². The summed E-state index contributed by atoms with van der Waals surface area (Å²) in [6.45, 7) is 7.56. The summed E-state index contributed by atoms with van der Waals surface area (Å²) in [7, 11) is 0. The molecule has 0 saturated carbocycles. The predicted octanol–water partition coefficient (Wildman–Crippen LogP) is 1.76. The number of aliphatic imine (C=N–C) groups is 1. The van der Waals surface area contributed by atoms with E-state index in [0.717, 1.165) is 5.03 Å². The Bertz CT molecular complexity index is 98.6. The smallest absolute Gasteiger partial charge is 0.111 e. The quantitative estimate of drug-likeness (QED) is 0.505. The molecule has 2 nitrogen and oxygen atoms in total. The summed E-state index contributed by atoms with van der Waals surface area (Å²) >= 11 is 1.43. The van der Waals surface area contributed by atoms with E-state index < -0.39 is 0 Å². The number of hydrogen-bond acceptors (Lipinski definition) is 3. The molecule has 0 unspecified atom stereocenters. The predicted molar refractivity (Wildman–Crippen MR) is 39.7 cm³/mol. The van der Waals surface area contributed by atoms with Crippen LogP contribution >= 0.6 is 11.9 Å². The molecule has 0 radical (unpaired) electrons. The van der Waals surface area contributed by atoms with Crippen molar-refractivity contribution in [3.8, 4) is 0 Å². The third-order valence-electron chi connectivity index (χ3n) is 0.438. The summed E-state index contributed by atoms with van der Waals surface area (Å²) < 4.78 is 2.80. The summed E-state index contributed by atoms with van der Waals surface area (Å²) in [5.41, 5.74) is 0. The largest absolute Gasteiger partial charge is 0.315 e. The molecule has 1 heterocycles. The Morgan fingerprint density at radius 2 is 2.38 bits per heavy atom. The maximum absolute atomic E-state index is 3.77. The molecule has 1 aliphatic rings. The highest BCUT2D eigenvalue weighted by atomic mass is 32.2. The second-order valence-corrected chi connectivity index (χ2v) is 1.78. The lowest BCUT2D eigenvalue weighted by atomic mass is 11.0. The zero-order chi connectivity index (χ0) is 6.41. The Balaban J connectivity index is 0.000000222. The molecule has 0 aromatic carbocycles. The molecule has 0 aliphatic carbocycles. The Hall–Kier alpha value is -0.440. The van der Waals surface area contributed by atoms with E-state index in [1.54, 1.807) is 6.34 Å². The van der Waals surface area contributed by atoms with Crippen molar-refractivity contribution in [3.63, 3.8) is 0 Å². The Kier molecular flexibility index (Phi) is 4.45. The van der Waals surface area contributed by atoms with Gasteiger partial charge in [-0.2, -0.15) is 0 Å². The van der Waals surface area contributed by atoms with Crippen molar-refractivity contribution in [2.75, 3.05) is 0 Å². The van der Waals surface area contributed by atoms with Gasteiger partial charge in [-0.25, -0.2) is 4.99 Å². The molecule has 1 rings (SSSR count). The minimum Gasteiger partial charge on any atom is -0.315 e. The molecule has 0 amide bonds. The van der Waals surface area contributed by atoms with Gasteiger partial charge in [-0.15, -0.1) is 0 Å². The summed E-state index contributed by atoms with van der Waals surface area (Å²) in [5, 5.41) is 0.829. The molecular formula is C5H10N2S. The molecule has 0 fully saturated rings. The first kappa shape index (κ1) is 7.56. The highest BCUT2D eigenvalue weighted by Gasteiger charge is 1.92. The van der Waals surface area contributed by atoms with E-state index in [1.807, 2.05) is 13.8 Å². The monoisotopic (exact) mass is 130 g/mol. The number of nitrogens with one attached hydrogen (secondary N) is 1.